The van der Waals surface area contributed by atoms with Crippen LogP contribution in [0, 0.1) is 5.92 Å². The van der Waals surface area contributed by atoms with E-state index in [-0.39, 0.29) is 0 Å². The number of hydrogen-bond donors (Lipinski definition) is 1. The summed E-state index contributed by atoms with van der Waals surface area (Å²) in [4.78, 5) is 14.7. The fraction of sp³-hybridized carbons (Fsp3) is 0.538. The Morgan fingerprint density at radius 2 is 2.47 bits per heavy atom. The Kier molecular flexibility index (Phi) is 2.81. The van der Waals surface area contributed by atoms with Gasteiger partial charge in [-0.2, -0.15) is 0 Å². The van der Waals surface area contributed by atoms with Gasteiger partial charge in [0.1, 0.15) is 5.82 Å². The van der Waals surface area contributed by atoms with Crippen molar-refractivity contribution in [3.05, 3.63) is 24.2 Å². The molecule has 0 saturated carbocycles. The lowest BCUT2D eigenvalue weighted by Gasteiger charge is -2.11. The van der Waals surface area contributed by atoms with Crippen molar-refractivity contribution < 1.29 is 0 Å². The maximum absolute atomic E-state index is 4.54. The second-order valence-electron chi connectivity index (χ2n) is 4.81. The van der Waals surface area contributed by atoms with E-state index in [0.717, 1.165) is 35.9 Å². The third kappa shape index (κ3) is 2.17. The first-order valence-corrected chi connectivity index (χ1v) is 6.37. The van der Waals surface area contributed by atoms with E-state index in [2.05, 4.69) is 26.8 Å². The van der Waals surface area contributed by atoms with E-state index < -0.39 is 0 Å². The molecule has 0 aromatic carbocycles. The van der Waals surface area contributed by atoms with Crippen LogP contribution in [0.2, 0.25) is 0 Å². The molecule has 3 rings (SSSR count). The number of rotatable bonds is 3. The van der Waals surface area contributed by atoms with Crippen molar-refractivity contribution in [2.24, 2.45) is 5.92 Å². The zero-order valence-electron chi connectivity index (χ0n) is 10.2. The summed E-state index contributed by atoms with van der Waals surface area (Å²) in [7, 11) is 0. The molecule has 0 radical (unpaired) electrons. The largest absolute Gasteiger partial charge is 0.341 e. The summed E-state index contributed by atoms with van der Waals surface area (Å²) >= 11 is 0. The molecule has 90 valence electrons. The highest BCUT2D eigenvalue weighted by Gasteiger charge is 2.22. The summed E-state index contributed by atoms with van der Waals surface area (Å²) in [6, 6.07) is 3.98. The van der Waals surface area contributed by atoms with Crippen LogP contribution in [0.25, 0.3) is 11.2 Å². The lowest BCUT2D eigenvalue weighted by Crippen LogP contribution is -2.20. The second-order valence-corrected chi connectivity index (χ2v) is 4.81. The van der Waals surface area contributed by atoms with E-state index in [1.165, 1.54) is 19.5 Å². The first-order valence-electron chi connectivity index (χ1n) is 6.37. The Balaban J connectivity index is 1.73. The number of hydrogen-bond acceptors (Lipinski definition) is 3. The Morgan fingerprint density at radius 3 is 3.24 bits per heavy atom. The maximum Gasteiger partial charge on any atom is 0.177 e. The van der Waals surface area contributed by atoms with Crippen LogP contribution < -0.4 is 0 Å². The van der Waals surface area contributed by atoms with E-state index in [0.29, 0.717) is 0 Å². The van der Waals surface area contributed by atoms with Gasteiger partial charge in [0.05, 0.1) is 5.52 Å². The van der Waals surface area contributed by atoms with Crippen LogP contribution in [-0.4, -0.2) is 39.5 Å². The molecule has 0 aliphatic carbocycles. The Bertz CT molecular complexity index is 472. The van der Waals surface area contributed by atoms with Gasteiger partial charge in [-0.25, -0.2) is 9.97 Å². The predicted molar refractivity (Wildman–Crippen MR) is 67.8 cm³/mol. The van der Waals surface area contributed by atoms with E-state index in [1.54, 1.807) is 6.20 Å². The molecule has 1 aliphatic heterocycles. The van der Waals surface area contributed by atoms with E-state index in [4.69, 9.17) is 0 Å². The average molecular weight is 230 g/mol. The maximum atomic E-state index is 4.54. The second kappa shape index (κ2) is 4.45. The number of likely N-dealkylation sites (tertiary alicyclic amines) is 1. The quantitative estimate of drug-likeness (QED) is 0.875. The monoisotopic (exact) mass is 230 g/mol. The molecular formula is C13H18N4. The summed E-state index contributed by atoms with van der Waals surface area (Å²) in [5, 5.41) is 0. The molecule has 1 unspecified atom stereocenters. The summed E-state index contributed by atoms with van der Waals surface area (Å²) < 4.78 is 0. The number of nitrogens with zero attached hydrogens (tertiary/aromatic N) is 3. The minimum atomic E-state index is 0.746. The third-order valence-corrected chi connectivity index (χ3v) is 3.61. The van der Waals surface area contributed by atoms with Gasteiger partial charge < -0.3 is 9.88 Å². The van der Waals surface area contributed by atoms with Crippen LogP contribution >= 0.6 is 0 Å². The van der Waals surface area contributed by atoms with Gasteiger partial charge in [-0.15, -0.1) is 0 Å². The minimum absolute atomic E-state index is 0.746. The van der Waals surface area contributed by atoms with Crippen molar-refractivity contribution in [1.82, 2.24) is 19.9 Å². The lowest BCUT2D eigenvalue weighted by molar-refractivity contribution is 0.341. The molecule has 1 fully saturated rings. The van der Waals surface area contributed by atoms with Gasteiger partial charge in [0.2, 0.25) is 0 Å². The highest BCUT2D eigenvalue weighted by molar-refractivity contribution is 5.69. The molecule has 4 nitrogen and oxygen atoms in total. The van der Waals surface area contributed by atoms with Crippen LogP contribution in [0.5, 0.6) is 0 Å². The molecule has 1 atom stereocenters. The van der Waals surface area contributed by atoms with Crippen LogP contribution in [0.4, 0.5) is 0 Å². The zero-order valence-corrected chi connectivity index (χ0v) is 10.2. The number of aromatic amines is 1. The van der Waals surface area contributed by atoms with E-state index in [1.807, 2.05) is 12.1 Å². The van der Waals surface area contributed by atoms with Crippen molar-refractivity contribution in [2.45, 2.75) is 19.8 Å². The number of fused-ring (bicyclic) bond motifs is 1. The van der Waals surface area contributed by atoms with E-state index >= 15 is 0 Å². The lowest BCUT2D eigenvalue weighted by atomic mass is 10.1. The van der Waals surface area contributed by atoms with Gasteiger partial charge in [0.25, 0.3) is 0 Å². The number of aromatic nitrogens is 3. The van der Waals surface area contributed by atoms with Gasteiger partial charge in [-0.05, 0) is 37.6 Å². The predicted octanol–water partition coefficient (Wildman–Crippen LogP) is 1.84. The number of imidazole rings is 1. The summed E-state index contributed by atoms with van der Waals surface area (Å²) in [5.74, 6) is 1.83. The highest BCUT2D eigenvalue weighted by atomic mass is 15.1. The van der Waals surface area contributed by atoms with Gasteiger partial charge in [-0.1, -0.05) is 6.92 Å². The average Bonchev–Trinajstić information content (AvgIpc) is 2.94. The summed E-state index contributed by atoms with van der Waals surface area (Å²) in [5.41, 5.74) is 1.89. The van der Waals surface area contributed by atoms with Crippen molar-refractivity contribution in [3.8, 4) is 0 Å². The minimum Gasteiger partial charge on any atom is -0.341 e. The highest BCUT2D eigenvalue weighted by Crippen LogP contribution is 2.20. The Morgan fingerprint density at radius 1 is 1.53 bits per heavy atom. The molecule has 3 heterocycles. The van der Waals surface area contributed by atoms with Crippen molar-refractivity contribution in [3.63, 3.8) is 0 Å². The SMILES string of the molecule is CCN1CCC(Cc2nc3ncccc3[nH]2)C1. The van der Waals surface area contributed by atoms with Gasteiger partial charge in [-0.3, -0.25) is 0 Å². The van der Waals surface area contributed by atoms with Crippen molar-refractivity contribution in [1.29, 1.82) is 0 Å². The van der Waals surface area contributed by atoms with Crippen molar-refractivity contribution >= 4 is 11.2 Å². The number of H-pyrrole nitrogens is 1. The van der Waals surface area contributed by atoms with Gasteiger partial charge in [0, 0.05) is 19.2 Å². The van der Waals surface area contributed by atoms with Crippen LogP contribution in [0.3, 0.4) is 0 Å². The van der Waals surface area contributed by atoms with Gasteiger partial charge >= 0.3 is 0 Å². The Hall–Kier alpha value is -1.42. The van der Waals surface area contributed by atoms with Gasteiger partial charge in [0.15, 0.2) is 5.65 Å². The molecule has 2 aromatic heterocycles. The molecule has 4 heteroatoms. The molecule has 1 saturated heterocycles. The molecule has 2 aromatic rings. The molecule has 17 heavy (non-hydrogen) atoms. The first kappa shape index (κ1) is 10.7. The molecule has 1 aliphatic rings. The topological polar surface area (TPSA) is 44.8 Å². The van der Waals surface area contributed by atoms with Crippen LogP contribution in [-0.2, 0) is 6.42 Å². The standard InChI is InChI=1S/C13H18N4/c1-2-17-7-5-10(9-17)8-12-15-11-4-3-6-14-13(11)16-12/h3-4,6,10H,2,5,7-9H2,1H3,(H,14,15,16). The van der Waals surface area contributed by atoms with Crippen molar-refractivity contribution in [2.75, 3.05) is 19.6 Å². The summed E-state index contributed by atoms with van der Waals surface area (Å²) in [6.07, 6.45) is 4.13. The normalized spacial score (nSPS) is 21.4. The molecular weight excluding hydrogens is 212 g/mol. The fourth-order valence-corrected chi connectivity index (χ4v) is 2.63. The number of pyridine rings is 1. The third-order valence-electron chi connectivity index (χ3n) is 3.61. The molecule has 0 bridgehead atoms. The molecule has 0 amide bonds. The number of nitrogens with one attached hydrogen (secondary N) is 1. The van der Waals surface area contributed by atoms with Crippen LogP contribution in [0.15, 0.2) is 18.3 Å². The summed E-state index contributed by atoms with van der Waals surface area (Å²) in [6.45, 7) is 5.84. The zero-order chi connectivity index (χ0) is 11.7. The fourth-order valence-electron chi connectivity index (χ4n) is 2.63. The molecule has 1 N–H and O–H groups in total. The smallest absolute Gasteiger partial charge is 0.177 e. The van der Waals surface area contributed by atoms with Crippen LogP contribution in [0.1, 0.15) is 19.2 Å². The Labute approximate surface area is 101 Å². The first-order chi connectivity index (χ1) is 8.35. The van der Waals surface area contributed by atoms with E-state index in [9.17, 15) is 0 Å². The molecule has 0 spiro atoms.